The van der Waals surface area contributed by atoms with E-state index in [2.05, 4.69) is 22.7 Å². The molecule has 4 heteroatoms. The number of benzene rings is 1. The van der Waals surface area contributed by atoms with Crippen molar-refractivity contribution in [3.63, 3.8) is 0 Å². The van der Waals surface area contributed by atoms with Crippen molar-refractivity contribution in [3.8, 4) is 0 Å². The van der Waals surface area contributed by atoms with Crippen LogP contribution in [0.3, 0.4) is 0 Å². The summed E-state index contributed by atoms with van der Waals surface area (Å²) in [6.07, 6.45) is 5.01. The minimum atomic E-state index is 0. The van der Waals surface area contributed by atoms with Crippen molar-refractivity contribution in [3.05, 3.63) is 30.3 Å². The van der Waals surface area contributed by atoms with Gasteiger partial charge in [-0.1, -0.05) is 49.6 Å². The number of nitrogens with one attached hydrogen (secondary N) is 1. The zero-order valence-electron chi connectivity index (χ0n) is 9.63. The number of unbranched alkanes of at least 4 members (excludes halogenated alkanes) is 3. The summed E-state index contributed by atoms with van der Waals surface area (Å²) in [6.45, 7) is 3.12. The SMILES string of the molecule is CCCCCCNN=Nc1ccccc1.[Pt+4]. The van der Waals surface area contributed by atoms with E-state index in [1.165, 1.54) is 25.7 Å². The van der Waals surface area contributed by atoms with Crippen LogP contribution in [0.2, 0.25) is 0 Å². The molecule has 0 aromatic heterocycles. The van der Waals surface area contributed by atoms with Crippen LogP contribution in [0.25, 0.3) is 0 Å². The smallest absolute Gasteiger partial charge is 0.291 e. The first-order valence-electron chi connectivity index (χ1n) is 5.62. The molecule has 1 rings (SSSR count). The summed E-state index contributed by atoms with van der Waals surface area (Å²) in [5.74, 6) is 0. The molecule has 0 atom stereocenters. The second-order valence-corrected chi connectivity index (χ2v) is 3.50. The minimum absolute atomic E-state index is 0. The van der Waals surface area contributed by atoms with Crippen molar-refractivity contribution in [2.45, 2.75) is 32.6 Å². The summed E-state index contributed by atoms with van der Waals surface area (Å²) in [5.41, 5.74) is 3.84. The second kappa shape index (κ2) is 10.8. The molecule has 0 radical (unpaired) electrons. The second-order valence-electron chi connectivity index (χ2n) is 3.50. The molecule has 1 aromatic rings. The van der Waals surface area contributed by atoms with Crippen LogP contribution in [0, 0.1) is 0 Å². The van der Waals surface area contributed by atoms with Crippen LogP contribution >= 0.6 is 0 Å². The average molecular weight is 400 g/mol. The fourth-order valence-electron chi connectivity index (χ4n) is 1.27. The van der Waals surface area contributed by atoms with Gasteiger partial charge in [0.1, 0.15) is 0 Å². The molecule has 16 heavy (non-hydrogen) atoms. The maximum Gasteiger partial charge on any atom is 4.00 e. The Hall–Kier alpha value is -0.692. The van der Waals surface area contributed by atoms with Gasteiger partial charge in [-0.15, -0.1) is 5.11 Å². The Morgan fingerprint density at radius 2 is 1.81 bits per heavy atom. The van der Waals surface area contributed by atoms with E-state index < -0.39 is 0 Å². The minimum Gasteiger partial charge on any atom is -0.291 e. The van der Waals surface area contributed by atoms with Crippen LogP contribution in [0.4, 0.5) is 5.69 Å². The molecular formula is C12H19N3Pt+4. The fourth-order valence-corrected chi connectivity index (χ4v) is 1.27. The topological polar surface area (TPSA) is 36.8 Å². The molecule has 0 unspecified atom stereocenters. The monoisotopic (exact) mass is 400 g/mol. The predicted molar refractivity (Wildman–Crippen MR) is 63.1 cm³/mol. The largest absolute Gasteiger partial charge is 4.00 e. The van der Waals surface area contributed by atoms with Crippen LogP contribution in [-0.2, 0) is 21.1 Å². The van der Waals surface area contributed by atoms with E-state index in [1.54, 1.807) is 0 Å². The third kappa shape index (κ3) is 7.58. The molecule has 0 bridgehead atoms. The molecule has 3 nitrogen and oxygen atoms in total. The Kier molecular flexibility index (Phi) is 10.3. The Morgan fingerprint density at radius 3 is 2.50 bits per heavy atom. The zero-order chi connectivity index (χ0) is 10.8. The van der Waals surface area contributed by atoms with Crippen molar-refractivity contribution in [1.29, 1.82) is 0 Å². The van der Waals surface area contributed by atoms with E-state index >= 15 is 0 Å². The first-order valence-corrected chi connectivity index (χ1v) is 5.62. The Balaban J connectivity index is 0.00000225. The van der Waals surface area contributed by atoms with Gasteiger partial charge < -0.3 is 0 Å². The van der Waals surface area contributed by atoms with Gasteiger partial charge in [-0.25, -0.2) is 0 Å². The molecule has 0 saturated heterocycles. The van der Waals surface area contributed by atoms with Crippen molar-refractivity contribution < 1.29 is 21.1 Å². The van der Waals surface area contributed by atoms with Crippen molar-refractivity contribution >= 4 is 5.69 Å². The number of rotatable bonds is 7. The summed E-state index contributed by atoms with van der Waals surface area (Å²) < 4.78 is 0. The zero-order valence-corrected chi connectivity index (χ0v) is 11.9. The summed E-state index contributed by atoms with van der Waals surface area (Å²) in [6, 6.07) is 9.74. The van der Waals surface area contributed by atoms with Crippen LogP contribution in [-0.4, -0.2) is 6.54 Å². The number of hydrogen-bond donors (Lipinski definition) is 1. The average Bonchev–Trinajstić information content (AvgIpc) is 2.29. The fraction of sp³-hybridized carbons (Fsp3) is 0.500. The molecule has 0 spiro atoms. The first kappa shape index (κ1) is 15.3. The molecule has 0 saturated carbocycles. The molecule has 0 fully saturated rings. The maximum absolute atomic E-state index is 4.04. The molecule has 0 aliphatic carbocycles. The van der Waals surface area contributed by atoms with Gasteiger partial charge in [0.25, 0.3) is 0 Å². The van der Waals surface area contributed by atoms with Crippen LogP contribution in [0.5, 0.6) is 0 Å². The van der Waals surface area contributed by atoms with Crippen LogP contribution in [0.15, 0.2) is 40.7 Å². The summed E-state index contributed by atoms with van der Waals surface area (Å²) >= 11 is 0. The molecule has 0 heterocycles. The van der Waals surface area contributed by atoms with E-state index in [0.717, 1.165) is 12.2 Å². The molecule has 1 aromatic carbocycles. The van der Waals surface area contributed by atoms with E-state index in [9.17, 15) is 0 Å². The van der Waals surface area contributed by atoms with Gasteiger partial charge in [0.05, 0.1) is 5.69 Å². The third-order valence-electron chi connectivity index (χ3n) is 2.13. The van der Waals surface area contributed by atoms with Crippen molar-refractivity contribution in [2.75, 3.05) is 6.54 Å². The van der Waals surface area contributed by atoms with E-state index in [4.69, 9.17) is 0 Å². The van der Waals surface area contributed by atoms with Gasteiger partial charge in [0.2, 0.25) is 0 Å². The molecule has 0 amide bonds. The first-order chi connectivity index (χ1) is 7.43. The summed E-state index contributed by atoms with van der Waals surface area (Å²) in [5, 5.41) is 7.95. The quantitative estimate of drug-likeness (QED) is 0.421. The van der Waals surface area contributed by atoms with Gasteiger partial charge in [0, 0.05) is 6.54 Å². The standard InChI is InChI=1S/C12H19N3.Pt/c1-2-3-4-8-11-13-15-14-12-9-6-5-7-10-12;/h5-7,9-10H,2-4,8,11H2,1H3,(H,13,14);/q;+4. The molecule has 0 aliphatic heterocycles. The maximum atomic E-state index is 4.04. The van der Waals surface area contributed by atoms with Gasteiger partial charge in [-0.3, -0.25) is 5.43 Å². The Morgan fingerprint density at radius 1 is 1.06 bits per heavy atom. The van der Waals surface area contributed by atoms with Crippen LogP contribution < -0.4 is 5.43 Å². The van der Waals surface area contributed by atoms with Crippen molar-refractivity contribution in [2.24, 2.45) is 10.3 Å². The van der Waals surface area contributed by atoms with Crippen LogP contribution in [0.1, 0.15) is 32.6 Å². The molecule has 88 valence electrons. The van der Waals surface area contributed by atoms with E-state index in [-0.39, 0.29) is 21.1 Å². The van der Waals surface area contributed by atoms with Gasteiger partial charge >= 0.3 is 21.1 Å². The van der Waals surface area contributed by atoms with Gasteiger partial charge in [0.15, 0.2) is 0 Å². The summed E-state index contributed by atoms with van der Waals surface area (Å²) in [4.78, 5) is 0. The van der Waals surface area contributed by atoms with E-state index in [0.29, 0.717) is 0 Å². The molecule has 1 N–H and O–H groups in total. The van der Waals surface area contributed by atoms with Crippen molar-refractivity contribution in [1.82, 2.24) is 5.43 Å². The normalized spacial score (nSPS) is 10.1. The van der Waals surface area contributed by atoms with E-state index in [1.807, 2.05) is 30.3 Å². The molecule has 0 aliphatic rings. The summed E-state index contributed by atoms with van der Waals surface area (Å²) in [7, 11) is 0. The Labute approximate surface area is 112 Å². The van der Waals surface area contributed by atoms with Gasteiger partial charge in [-0.2, -0.15) is 0 Å². The molecular weight excluding hydrogens is 381 g/mol. The Bertz CT molecular complexity index is 275. The predicted octanol–water partition coefficient (Wildman–Crippen LogP) is 3.85. The third-order valence-corrected chi connectivity index (χ3v) is 2.13. The van der Waals surface area contributed by atoms with Gasteiger partial charge in [-0.05, 0) is 18.6 Å². The number of nitrogens with zero attached hydrogens (tertiary/aromatic N) is 2. The number of hydrogen-bond acceptors (Lipinski definition) is 2.